The summed E-state index contributed by atoms with van der Waals surface area (Å²) in [4.78, 5) is 13.0. The third kappa shape index (κ3) is 5.09. The molecule has 3 aromatic rings. The molecule has 1 unspecified atom stereocenters. The van der Waals surface area contributed by atoms with Crippen molar-refractivity contribution in [2.75, 3.05) is 0 Å². The van der Waals surface area contributed by atoms with Crippen LogP contribution in [-0.2, 0) is 5.41 Å². The second kappa shape index (κ2) is 10.1. The predicted octanol–water partition coefficient (Wildman–Crippen LogP) is 6.00. The van der Waals surface area contributed by atoms with Gasteiger partial charge >= 0.3 is 6.61 Å². The largest absolute Gasteiger partial charge is 0.435 e. The van der Waals surface area contributed by atoms with E-state index in [0.717, 1.165) is 0 Å². The summed E-state index contributed by atoms with van der Waals surface area (Å²) in [6.45, 7) is 2.05. The molecule has 0 bridgehead atoms. The van der Waals surface area contributed by atoms with Crippen LogP contribution >= 0.6 is 0 Å². The van der Waals surface area contributed by atoms with E-state index >= 15 is 4.39 Å². The molecular weight excluding hydrogens is 469 g/mol. The zero-order chi connectivity index (χ0) is 26.0. The summed E-state index contributed by atoms with van der Waals surface area (Å²) in [7, 11) is 0. The van der Waals surface area contributed by atoms with Crippen molar-refractivity contribution in [3.05, 3.63) is 71.6 Å². The van der Waals surface area contributed by atoms with Gasteiger partial charge in [-0.2, -0.15) is 14.0 Å². The van der Waals surface area contributed by atoms with Crippen molar-refractivity contribution in [3.63, 3.8) is 0 Å². The molecule has 1 aliphatic carbocycles. The van der Waals surface area contributed by atoms with Crippen LogP contribution in [0.15, 0.2) is 53.8 Å². The molecule has 0 saturated heterocycles. The van der Waals surface area contributed by atoms with Crippen LogP contribution in [0.1, 0.15) is 49.6 Å². The van der Waals surface area contributed by atoms with Gasteiger partial charge in [0, 0.05) is 34.8 Å². The molecule has 36 heavy (non-hydrogen) atoms. The molecule has 1 saturated carbocycles. The van der Waals surface area contributed by atoms with Crippen molar-refractivity contribution >= 4 is 11.4 Å². The fourth-order valence-corrected chi connectivity index (χ4v) is 4.27. The first-order chi connectivity index (χ1) is 17.1. The monoisotopic (exact) mass is 494 g/mol. The maximum atomic E-state index is 15.3. The number of aliphatic hydroxyl groups is 1. The molecule has 0 amide bonds. The Morgan fingerprint density at radius 2 is 1.86 bits per heavy atom. The minimum atomic E-state index is -2.95. The highest BCUT2D eigenvalue weighted by atomic mass is 19.3. The number of nitriles is 1. The van der Waals surface area contributed by atoms with Crippen molar-refractivity contribution in [2.45, 2.75) is 57.7 Å². The number of alkyl halides is 2. The SMILES string of the molecule is Cc1c(/N=C2\C[C@@H](c3ccccc3OC(F)F)CC2O)ccc(-c2cnc(C(C)(C)C#N)nc2)c1F. The molecule has 1 N–H and O–H groups in total. The van der Waals surface area contributed by atoms with Crippen LogP contribution in [0.3, 0.4) is 0 Å². The highest BCUT2D eigenvalue weighted by Crippen LogP contribution is 2.40. The van der Waals surface area contributed by atoms with E-state index in [1.165, 1.54) is 18.5 Å². The van der Waals surface area contributed by atoms with Crippen molar-refractivity contribution < 1.29 is 23.0 Å². The van der Waals surface area contributed by atoms with Gasteiger partial charge in [0.1, 0.15) is 22.8 Å². The van der Waals surface area contributed by atoms with Gasteiger partial charge in [0.2, 0.25) is 0 Å². The average molecular weight is 495 g/mol. The molecule has 2 atom stereocenters. The van der Waals surface area contributed by atoms with Crippen LogP contribution in [0.25, 0.3) is 11.1 Å². The van der Waals surface area contributed by atoms with E-state index in [1.807, 2.05) is 0 Å². The maximum absolute atomic E-state index is 15.3. The number of benzene rings is 2. The second-order valence-corrected chi connectivity index (χ2v) is 9.28. The third-order valence-corrected chi connectivity index (χ3v) is 6.35. The molecule has 6 nitrogen and oxygen atoms in total. The van der Waals surface area contributed by atoms with E-state index in [1.54, 1.807) is 51.1 Å². The summed E-state index contributed by atoms with van der Waals surface area (Å²) < 4.78 is 45.6. The highest BCUT2D eigenvalue weighted by Gasteiger charge is 2.32. The number of rotatable bonds is 6. The normalized spacial score (nSPS) is 19.0. The minimum Gasteiger partial charge on any atom is -0.435 e. The Bertz CT molecular complexity index is 1330. The van der Waals surface area contributed by atoms with Gasteiger partial charge in [0.05, 0.1) is 17.9 Å². The number of hydrogen-bond donors (Lipinski definition) is 1. The molecule has 0 radical (unpaired) electrons. The minimum absolute atomic E-state index is 0.0731. The van der Waals surface area contributed by atoms with Gasteiger partial charge in [-0.05, 0) is 63.3 Å². The zero-order valence-corrected chi connectivity index (χ0v) is 20.0. The van der Waals surface area contributed by atoms with Crippen LogP contribution in [-0.4, -0.2) is 33.5 Å². The standard InChI is InChI=1S/C27H25F3N4O2/c1-15-20(9-8-19(24(15)28)17-12-32-25(33-13-17)27(2,3)14-31)34-21-10-16(11-22(21)35)18-6-4-5-7-23(18)36-26(29)30/h4-9,12-13,16,22,26,35H,10-11H2,1-3H3/b34-21+/t16-,22?/m1/s1. The lowest BCUT2D eigenvalue weighted by atomic mass is 9.94. The predicted molar refractivity (Wildman–Crippen MR) is 129 cm³/mol. The number of aliphatic imine (C=N–C) groups is 1. The van der Waals surface area contributed by atoms with Crippen molar-refractivity contribution in [2.24, 2.45) is 4.99 Å². The Labute approximate surface area is 207 Å². The van der Waals surface area contributed by atoms with Crippen LogP contribution in [0.4, 0.5) is 18.9 Å². The third-order valence-electron chi connectivity index (χ3n) is 6.35. The lowest BCUT2D eigenvalue weighted by Gasteiger charge is -2.15. The summed E-state index contributed by atoms with van der Waals surface area (Å²) >= 11 is 0. The maximum Gasteiger partial charge on any atom is 0.387 e. The molecule has 4 rings (SSSR count). The average Bonchev–Trinajstić information content (AvgIpc) is 3.22. The van der Waals surface area contributed by atoms with E-state index in [0.29, 0.717) is 52.3 Å². The molecule has 186 valence electrons. The first-order valence-corrected chi connectivity index (χ1v) is 11.4. The molecule has 2 aromatic carbocycles. The van der Waals surface area contributed by atoms with Gasteiger partial charge < -0.3 is 9.84 Å². The first-order valence-electron chi connectivity index (χ1n) is 11.4. The summed E-state index contributed by atoms with van der Waals surface area (Å²) in [5, 5.41) is 19.9. The quantitative estimate of drug-likeness (QED) is 0.454. The van der Waals surface area contributed by atoms with E-state index in [9.17, 15) is 19.1 Å². The Morgan fingerprint density at radius 3 is 2.53 bits per heavy atom. The van der Waals surface area contributed by atoms with Crippen molar-refractivity contribution in [3.8, 4) is 22.9 Å². The lowest BCUT2D eigenvalue weighted by Crippen LogP contribution is -2.17. The van der Waals surface area contributed by atoms with Gasteiger partial charge in [-0.1, -0.05) is 18.2 Å². The molecular formula is C27H25F3N4O2. The topological polar surface area (TPSA) is 91.4 Å². The van der Waals surface area contributed by atoms with Gasteiger partial charge in [0.15, 0.2) is 0 Å². The number of aromatic nitrogens is 2. The van der Waals surface area contributed by atoms with Crippen molar-refractivity contribution in [1.29, 1.82) is 5.26 Å². The van der Waals surface area contributed by atoms with E-state index < -0.39 is 23.9 Å². The van der Waals surface area contributed by atoms with Crippen molar-refractivity contribution in [1.82, 2.24) is 9.97 Å². The number of hydrogen-bond acceptors (Lipinski definition) is 6. The first kappa shape index (κ1) is 25.3. The summed E-state index contributed by atoms with van der Waals surface area (Å²) in [5.74, 6) is -0.331. The van der Waals surface area contributed by atoms with Gasteiger partial charge in [0.25, 0.3) is 0 Å². The summed E-state index contributed by atoms with van der Waals surface area (Å²) in [5.41, 5.74) is 1.57. The van der Waals surface area contributed by atoms with Crippen LogP contribution in [0.5, 0.6) is 5.75 Å². The van der Waals surface area contributed by atoms with Gasteiger partial charge in [-0.15, -0.1) is 0 Å². The second-order valence-electron chi connectivity index (χ2n) is 9.28. The molecule has 1 aliphatic rings. The Balaban J connectivity index is 1.59. The molecule has 1 aromatic heterocycles. The smallest absolute Gasteiger partial charge is 0.387 e. The molecule has 0 spiro atoms. The summed E-state index contributed by atoms with van der Waals surface area (Å²) in [6.07, 6.45) is 2.70. The lowest BCUT2D eigenvalue weighted by molar-refractivity contribution is -0.0506. The fourth-order valence-electron chi connectivity index (χ4n) is 4.27. The molecule has 1 heterocycles. The number of nitrogens with zero attached hydrogens (tertiary/aromatic N) is 4. The van der Waals surface area contributed by atoms with E-state index in [2.05, 4.69) is 25.8 Å². The van der Waals surface area contributed by atoms with E-state index in [4.69, 9.17) is 0 Å². The molecule has 1 fully saturated rings. The Morgan fingerprint density at radius 1 is 1.17 bits per heavy atom. The molecule has 0 aliphatic heterocycles. The fraction of sp³-hybridized carbons (Fsp3) is 0.333. The zero-order valence-electron chi connectivity index (χ0n) is 20.0. The number of halogens is 3. The number of para-hydroxylation sites is 1. The van der Waals surface area contributed by atoms with Gasteiger partial charge in [-0.3, -0.25) is 4.99 Å². The number of aliphatic hydroxyl groups excluding tert-OH is 1. The Hall–Kier alpha value is -3.77. The van der Waals surface area contributed by atoms with Crippen LogP contribution in [0, 0.1) is 24.1 Å². The summed E-state index contributed by atoms with van der Waals surface area (Å²) in [6, 6.07) is 11.9. The van der Waals surface area contributed by atoms with Crippen LogP contribution in [0.2, 0.25) is 0 Å². The van der Waals surface area contributed by atoms with Gasteiger partial charge in [-0.25, -0.2) is 14.4 Å². The van der Waals surface area contributed by atoms with E-state index in [-0.39, 0.29) is 11.7 Å². The molecule has 9 heteroatoms. The number of ether oxygens (including phenoxy) is 1. The Kier molecular flexibility index (Phi) is 7.09. The van der Waals surface area contributed by atoms with Crippen LogP contribution < -0.4 is 4.74 Å². The highest BCUT2D eigenvalue weighted by molar-refractivity contribution is 5.94.